The van der Waals surface area contributed by atoms with Crippen molar-refractivity contribution in [3.63, 3.8) is 0 Å². The van der Waals surface area contributed by atoms with Gasteiger partial charge in [0.1, 0.15) is 0 Å². The lowest BCUT2D eigenvalue weighted by Gasteiger charge is -2.19. The molecule has 3 nitrogen and oxygen atoms in total. The normalized spacial score (nSPS) is 15.7. The predicted molar refractivity (Wildman–Crippen MR) is 54.7 cm³/mol. The molecule has 0 heterocycles. The molecule has 0 aliphatic carbocycles. The number of hydrogen-bond donors (Lipinski definition) is 1. The van der Waals surface area contributed by atoms with E-state index in [0.717, 1.165) is 26.1 Å². The third-order valence-corrected chi connectivity index (χ3v) is 2.17. The second-order valence-electron chi connectivity index (χ2n) is 3.50. The van der Waals surface area contributed by atoms with Gasteiger partial charge in [0.25, 0.3) is 0 Å². The van der Waals surface area contributed by atoms with E-state index in [2.05, 4.69) is 13.8 Å². The molecule has 0 aliphatic rings. The van der Waals surface area contributed by atoms with Crippen LogP contribution < -0.4 is 5.73 Å². The van der Waals surface area contributed by atoms with Gasteiger partial charge in [0, 0.05) is 26.4 Å². The summed E-state index contributed by atoms with van der Waals surface area (Å²) in [6.45, 7) is 6.49. The first kappa shape index (κ1) is 12.9. The van der Waals surface area contributed by atoms with Gasteiger partial charge in [-0.05, 0) is 18.8 Å². The van der Waals surface area contributed by atoms with E-state index in [-0.39, 0.29) is 6.04 Å². The number of methoxy groups -OCH3 is 1. The molecule has 0 aromatic heterocycles. The van der Waals surface area contributed by atoms with E-state index < -0.39 is 0 Å². The molecule has 0 aromatic rings. The zero-order valence-corrected chi connectivity index (χ0v) is 9.08. The van der Waals surface area contributed by atoms with Crippen molar-refractivity contribution < 1.29 is 9.47 Å². The van der Waals surface area contributed by atoms with Crippen molar-refractivity contribution in [2.24, 2.45) is 11.7 Å². The maximum atomic E-state index is 5.92. The van der Waals surface area contributed by atoms with Gasteiger partial charge in [-0.25, -0.2) is 0 Å². The summed E-state index contributed by atoms with van der Waals surface area (Å²) >= 11 is 0. The molecule has 0 bridgehead atoms. The highest BCUT2D eigenvalue weighted by Gasteiger charge is 2.11. The fourth-order valence-electron chi connectivity index (χ4n) is 1.05. The van der Waals surface area contributed by atoms with Gasteiger partial charge in [-0.3, -0.25) is 0 Å². The first-order valence-electron chi connectivity index (χ1n) is 5.04. The minimum Gasteiger partial charge on any atom is -0.385 e. The molecule has 0 fully saturated rings. The Morgan fingerprint density at radius 2 is 2.00 bits per heavy atom. The summed E-state index contributed by atoms with van der Waals surface area (Å²) in [5, 5.41) is 0. The molecular formula is C10H23NO2. The third kappa shape index (κ3) is 6.99. The lowest BCUT2D eigenvalue weighted by atomic mass is 10.0. The van der Waals surface area contributed by atoms with E-state index in [4.69, 9.17) is 15.2 Å². The number of ether oxygens (including phenoxy) is 2. The zero-order valence-electron chi connectivity index (χ0n) is 9.08. The van der Waals surface area contributed by atoms with Gasteiger partial charge in [-0.1, -0.05) is 13.8 Å². The molecule has 0 saturated carbocycles. The average molecular weight is 189 g/mol. The fourth-order valence-corrected chi connectivity index (χ4v) is 1.05. The van der Waals surface area contributed by atoms with Gasteiger partial charge >= 0.3 is 0 Å². The second kappa shape index (κ2) is 8.48. The van der Waals surface area contributed by atoms with Crippen LogP contribution in [0.4, 0.5) is 0 Å². The van der Waals surface area contributed by atoms with Gasteiger partial charge in [0.15, 0.2) is 0 Å². The number of nitrogens with two attached hydrogens (primary N) is 1. The lowest BCUT2D eigenvalue weighted by molar-refractivity contribution is 0.0987. The first-order chi connectivity index (χ1) is 6.22. The quantitative estimate of drug-likeness (QED) is 0.587. The molecule has 2 atom stereocenters. The van der Waals surface area contributed by atoms with Crippen LogP contribution in [0.3, 0.4) is 0 Å². The molecular weight excluding hydrogens is 166 g/mol. The van der Waals surface area contributed by atoms with Crippen LogP contribution in [0.25, 0.3) is 0 Å². The summed E-state index contributed by atoms with van der Waals surface area (Å²) in [5.74, 6) is 0.469. The van der Waals surface area contributed by atoms with Crippen LogP contribution in [0.5, 0.6) is 0 Å². The summed E-state index contributed by atoms with van der Waals surface area (Å²) in [4.78, 5) is 0. The largest absolute Gasteiger partial charge is 0.385 e. The average Bonchev–Trinajstić information content (AvgIpc) is 2.14. The second-order valence-corrected chi connectivity index (χ2v) is 3.50. The van der Waals surface area contributed by atoms with Crippen molar-refractivity contribution in [2.75, 3.05) is 26.9 Å². The standard InChI is InChI=1S/C10H23NO2/c1-4-6-13-8-10(11)9(2)5-7-12-3/h9-10H,4-8,11H2,1-3H3. The molecule has 2 unspecified atom stereocenters. The molecule has 3 heteroatoms. The van der Waals surface area contributed by atoms with E-state index in [0.29, 0.717) is 12.5 Å². The highest BCUT2D eigenvalue weighted by Crippen LogP contribution is 2.06. The molecule has 0 amide bonds. The van der Waals surface area contributed by atoms with E-state index >= 15 is 0 Å². The highest BCUT2D eigenvalue weighted by atomic mass is 16.5. The molecule has 13 heavy (non-hydrogen) atoms. The van der Waals surface area contributed by atoms with Crippen molar-refractivity contribution in [1.29, 1.82) is 0 Å². The van der Waals surface area contributed by atoms with Crippen molar-refractivity contribution in [1.82, 2.24) is 0 Å². The van der Waals surface area contributed by atoms with Crippen molar-refractivity contribution in [2.45, 2.75) is 32.7 Å². The highest BCUT2D eigenvalue weighted by molar-refractivity contribution is 4.68. The first-order valence-corrected chi connectivity index (χ1v) is 5.04. The zero-order chi connectivity index (χ0) is 10.1. The summed E-state index contributed by atoms with van der Waals surface area (Å²) in [6.07, 6.45) is 2.06. The van der Waals surface area contributed by atoms with E-state index in [9.17, 15) is 0 Å². The van der Waals surface area contributed by atoms with Gasteiger partial charge in [-0.2, -0.15) is 0 Å². The predicted octanol–water partition coefficient (Wildman–Crippen LogP) is 1.41. The van der Waals surface area contributed by atoms with Gasteiger partial charge in [0.05, 0.1) is 6.61 Å². The Hall–Kier alpha value is -0.120. The molecule has 0 aliphatic heterocycles. The van der Waals surface area contributed by atoms with Crippen molar-refractivity contribution in [3.8, 4) is 0 Å². The number of rotatable bonds is 8. The Kier molecular flexibility index (Phi) is 8.40. The SMILES string of the molecule is CCCOCC(N)C(C)CCOC. The Labute approximate surface area is 81.6 Å². The van der Waals surface area contributed by atoms with E-state index in [1.165, 1.54) is 0 Å². The van der Waals surface area contributed by atoms with Crippen molar-refractivity contribution in [3.05, 3.63) is 0 Å². The Bertz CT molecular complexity index is 109. The molecule has 0 aromatic carbocycles. The van der Waals surface area contributed by atoms with Crippen LogP contribution in [-0.2, 0) is 9.47 Å². The molecule has 2 N–H and O–H groups in total. The molecule has 0 saturated heterocycles. The lowest BCUT2D eigenvalue weighted by Crippen LogP contribution is -2.34. The fraction of sp³-hybridized carbons (Fsp3) is 1.00. The maximum absolute atomic E-state index is 5.92. The molecule has 0 radical (unpaired) electrons. The smallest absolute Gasteiger partial charge is 0.0620 e. The third-order valence-electron chi connectivity index (χ3n) is 2.17. The van der Waals surface area contributed by atoms with Crippen LogP contribution in [0.1, 0.15) is 26.7 Å². The van der Waals surface area contributed by atoms with Crippen LogP contribution in [-0.4, -0.2) is 33.0 Å². The molecule has 80 valence electrons. The van der Waals surface area contributed by atoms with Crippen LogP contribution in [0.2, 0.25) is 0 Å². The summed E-state index contributed by atoms with van der Waals surface area (Å²) < 4.78 is 10.4. The summed E-state index contributed by atoms with van der Waals surface area (Å²) in [5.41, 5.74) is 5.92. The Morgan fingerprint density at radius 1 is 1.31 bits per heavy atom. The molecule has 0 spiro atoms. The molecule has 0 rings (SSSR count). The van der Waals surface area contributed by atoms with Crippen LogP contribution in [0.15, 0.2) is 0 Å². The monoisotopic (exact) mass is 189 g/mol. The Morgan fingerprint density at radius 3 is 2.54 bits per heavy atom. The van der Waals surface area contributed by atoms with Crippen molar-refractivity contribution >= 4 is 0 Å². The Balaban J connectivity index is 3.38. The maximum Gasteiger partial charge on any atom is 0.0620 e. The minimum absolute atomic E-state index is 0.140. The van der Waals surface area contributed by atoms with Crippen LogP contribution in [0, 0.1) is 5.92 Å². The summed E-state index contributed by atoms with van der Waals surface area (Å²) in [7, 11) is 1.71. The number of hydrogen-bond acceptors (Lipinski definition) is 3. The van der Waals surface area contributed by atoms with Gasteiger partial charge < -0.3 is 15.2 Å². The van der Waals surface area contributed by atoms with E-state index in [1.54, 1.807) is 7.11 Å². The van der Waals surface area contributed by atoms with Gasteiger partial charge in [0.2, 0.25) is 0 Å². The minimum atomic E-state index is 0.140. The summed E-state index contributed by atoms with van der Waals surface area (Å²) in [6, 6.07) is 0.140. The topological polar surface area (TPSA) is 44.5 Å². The van der Waals surface area contributed by atoms with Gasteiger partial charge in [-0.15, -0.1) is 0 Å². The van der Waals surface area contributed by atoms with E-state index in [1.807, 2.05) is 0 Å². The van der Waals surface area contributed by atoms with Crippen LogP contribution >= 0.6 is 0 Å².